The molecule has 0 aromatic rings. The minimum absolute atomic E-state index is 0. The molecule has 0 radical (unpaired) electrons. The van der Waals surface area contributed by atoms with Crippen molar-refractivity contribution >= 4 is 29.9 Å². The highest BCUT2D eigenvalue weighted by Gasteiger charge is 2.27. The molecule has 2 heterocycles. The Morgan fingerprint density at radius 1 is 1.12 bits per heavy atom. The molecule has 148 valence electrons. The number of nitrogens with one attached hydrogen (secondary N) is 1. The molecule has 2 aliphatic heterocycles. The van der Waals surface area contributed by atoms with Crippen molar-refractivity contribution in [1.29, 1.82) is 0 Å². The van der Waals surface area contributed by atoms with Crippen LogP contribution in [0.25, 0.3) is 0 Å². The topological polar surface area (TPSA) is 56.9 Å². The van der Waals surface area contributed by atoms with Crippen LogP contribution < -0.4 is 11.1 Å². The van der Waals surface area contributed by atoms with Crippen LogP contribution in [0.1, 0.15) is 59.3 Å². The maximum Gasteiger partial charge on any atom is 0.188 e. The predicted molar refractivity (Wildman–Crippen MR) is 119 cm³/mol. The summed E-state index contributed by atoms with van der Waals surface area (Å²) in [4.78, 5) is 9.90. The summed E-state index contributed by atoms with van der Waals surface area (Å²) in [6, 6.07) is 1.18. The number of guanidine groups is 1. The van der Waals surface area contributed by atoms with Gasteiger partial charge in [0.05, 0.1) is 6.54 Å². The van der Waals surface area contributed by atoms with Gasteiger partial charge in [0.1, 0.15) is 0 Å². The van der Waals surface area contributed by atoms with Crippen molar-refractivity contribution in [3.63, 3.8) is 0 Å². The number of aliphatic imine (C=N–C) groups is 1. The first-order chi connectivity index (χ1) is 11.7. The average Bonchev–Trinajstić information content (AvgIpc) is 3.27. The number of likely N-dealkylation sites (tertiary alicyclic amines) is 2. The van der Waals surface area contributed by atoms with Crippen LogP contribution in [0.4, 0.5) is 0 Å². The molecule has 0 aliphatic carbocycles. The number of nitrogens with two attached hydrogens (primary N) is 1. The van der Waals surface area contributed by atoms with Gasteiger partial charge in [-0.2, -0.15) is 0 Å². The molecule has 2 unspecified atom stereocenters. The molecule has 0 bridgehead atoms. The summed E-state index contributed by atoms with van der Waals surface area (Å²) >= 11 is 0. The third kappa shape index (κ3) is 6.86. The van der Waals surface area contributed by atoms with Gasteiger partial charge in [0.15, 0.2) is 5.96 Å². The molecule has 25 heavy (non-hydrogen) atoms. The first-order valence-electron chi connectivity index (χ1n) is 10.2. The van der Waals surface area contributed by atoms with E-state index >= 15 is 0 Å². The van der Waals surface area contributed by atoms with Crippen LogP contribution in [0.15, 0.2) is 4.99 Å². The van der Waals surface area contributed by atoms with Crippen LogP contribution in [0.5, 0.6) is 0 Å². The summed E-state index contributed by atoms with van der Waals surface area (Å²) in [5.41, 5.74) is 6.17. The van der Waals surface area contributed by atoms with Crippen molar-refractivity contribution < 1.29 is 0 Å². The number of rotatable bonds is 9. The Bertz CT molecular complexity index is 378. The van der Waals surface area contributed by atoms with Crippen LogP contribution in [0, 0.1) is 5.92 Å². The summed E-state index contributed by atoms with van der Waals surface area (Å²) in [5.74, 6) is 1.36. The van der Waals surface area contributed by atoms with E-state index in [0.717, 1.165) is 25.6 Å². The van der Waals surface area contributed by atoms with Crippen molar-refractivity contribution in [1.82, 2.24) is 15.1 Å². The maximum absolute atomic E-state index is 6.17. The summed E-state index contributed by atoms with van der Waals surface area (Å²) in [6.45, 7) is 13.5. The van der Waals surface area contributed by atoms with Gasteiger partial charge in [0.2, 0.25) is 0 Å². The van der Waals surface area contributed by atoms with E-state index < -0.39 is 0 Å². The van der Waals surface area contributed by atoms with E-state index in [-0.39, 0.29) is 24.0 Å². The minimum atomic E-state index is 0. The lowest BCUT2D eigenvalue weighted by atomic mass is 9.93. The molecule has 3 N–H and O–H groups in total. The second-order valence-corrected chi connectivity index (χ2v) is 7.42. The van der Waals surface area contributed by atoms with Crippen molar-refractivity contribution in [2.75, 3.05) is 39.3 Å². The minimum Gasteiger partial charge on any atom is -0.370 e. The molecule has 0 spiro atoms. The fourth-order valence-corrected chi connectivity index (χ4v) is 4.48. The van der Waals surface area contributed by atoms with Crippen LogP contribution in [-0.2, 0) is 0 Å². The van der Waals surface area contributed by atoms with Gasteiger partial charge < -0.3 is 11.1 Å². The van der Waals surface area contributed by atoms with E-state index in [0.29, 0.717) is 18.0 Å². The highest BCUT2D eigenvalue weighted by Crippen LogP contribution is 2.23. The number of halogens is 1. The van der Waals surface area contributed by atoms with Crippen LogP contribution in [0.3, 0.4) is 0 Å². The molecule has 0 aromatic heterocycles. The Morgan fingerprint density at radius 2 is 1.80 bits per heavy atom. The predicted octanol–water partition coefficient (Wildman–Crippen LogP) is 2.89. The highest BCUT2D eigenvalue weighted by atomic mass is 127. The lowest BCUT2D eigenvalue weighted by Crippen LogP contribution is -2.44. The fourth-order valence-electron chi connectivity index (χ4n) is 4.48. The largest absolute Gasteiger partial charge is 0.370 e. The zero-order valence-electron chi connectivity index (χ0n) is 16.5. The van der Waals surface area contributed by atoms with Gasteiger partial charge in [-0.3, -0.25) is 14.8 Å². The van der Waals surface area contributed by atoms with Crippen molar-refractivity contribution in [2.45, 2.75) is 71.4 Å². The Labute approximate surface area is 172 Å². The van der Waals surface area contributed by atoms with Crippen LogP contribution in [0.2, 0.25) is 0 Å². The molecular weight excluding hydrogens is 425 g/mol. The van der Waals surface area contributed by atoms with E-state index in [2.05, 4.69) is 35.9 Å². The molecule has 0 aromatic carbocycles. The Hall–Kier alpha value is -0.0800. The van der Waals surface area contributed by atoms with Gasteiger partial charge in [0, 0.05) is 18.6 Å². The molecule has 2 saturated heterocycles. The van der Waals surface area contributed by atoms with Gasteiger partial charge >= 0.3 is 0 Å². The lowest BCUT2D eigenvalue weighted by Gasteiger charge is -2.32. The smallest absolute Gasteiger partial charge is 0.188 e. The Morgan fingerprint density at radius 3 is 2.40 bits per heavy atom. The fraction of sp³-hybridized carbons (Fsp3) is 0.947. The highest BCUT2D eigenvalue weighted by molar-refractivity contribution is 14.0. The van der Waals surface area contributed by atoms with Crippen molar-refractivity contribution in [3.05, 3.63) is 0 Å². The zero-order chi connectivity index (χ0) is 17.4. The average molecular weight is 465 g/mol. The van der Waals surface area contributed by atoms with E-state index in [1.54, 1.807) is 0 Å². The van der Waals surface area contributed by atoms with E-state index in [1.165, 1.54) is 58.2 Å². The first-order valence-corrected chi connectivity index (χ1v) is 10.2. The molecule has 2 atom stereocenters. The third-order valence-corrected chi connectivity index (χ3v) is 6.08. The van der Waals surface area contributed by atoms with Crippen LogP contribution >= 0.6 is 24.0 Å². The number of likely N-dealkylation sites (N-methyl/N-ethyl adjacent to an activating group) is 1. The molecule has 0 amide bonds. The molecule has 0 saturated carbocycles. The maximum atomic E-state index is 6.17. The molecule has 2 fully saturated rings. The molecule has 2 rings (SSSR count). The van der Waals surface area contributed by atoms with Crippen molar-refractivity contribution in [2.24, 2.45) is 16.6 Å². The molecule has 2 aliphatic rings. The zero-order valence-corrected chi connectivity index (χ0v) is 18.9. The van der Waals surface area contributed by atoms with Gasteiger partial charge in [-0.1, -0.05) is 33.6 Å². The van der Waals surface area contributed by atoms with Crippen molar-refractivity contribution in [3.8, 4) is 0 Å². The van der Waals surface area contributed by atoms with Gasteiger partial charge in [-0.05, 0) is 57.8 Å². The van der Waals surface area contributed by atoms with E-state index in [4.69, 9.17) is 10.7 Å². The summed E-state index contributed by atoms with van der Waals surface area (Å²) in [7, 11) is 0. The number of nitrogens with zero attached hydrogens (tertiary/aromatic N) is 3. The second kappa shape index (κ2) is 12.3. The van der Waals surface area contributed by atoms with E-state index in [1.807, 2.05) is 0 Å². The SMILES string of the molecule is CCC(CC)C(CN=C(N)NCC1CCCN1CC)N1CCCC1.I. The van der Waals surface area contributed by atoms with Crippen LogP contribution in [-0.4, -0.2) is 67.1 Å². The lowest BCUT2D eigenvalue weighted by molar-refractivity contribution is 0.172. The number of hydrogen-bond acceptors (Lipinski definition) is 3. The normalized spacial score (nSPS) is 23.8. The van der Waals surface area contributed by atoms with Gasteiger partial charge in [-0.15, -0.1) is 24.0 Å². The summed E-state index contributed by atoms with van der Waals surface area (Å²) < 4.78 is 0. The Balaban J connectivity index is 0.00000312. The monoisotopic (exact) mass is 465 g/mol. The Kier molecular flexibility index (Phi) is 11.3. The molecular formula is C19H40IN5. The van der Waals surface area contributed by atoms with Gasteiger partial charge in [0.25, 0.3) is 0 Å². The van der Waals surface area contributed by atoms with Gasteiger partial charge in [-0.25, -0.2) is 0 Å². The van der Waals surface area contributed by atoms with E-state index in [9.17, 15) is 0 Å². The second-order valence-electron chi connectivity index (χ2n) is 7.42. The number of hydrogen-bond donors (Lipinski definition) is 2. The summed E-state index contributed by atoms with van der Waals surface area (Å²) in [5, 5.41) is 3.38. The first kappa shape index (κ1) is 23.0. The molecule has 6 heteroatoms. The third-order valence-electron chi connectivity index (χ3n) is 6.08. The summed E-state index contributed by atoms with van der Waals surface area (Å²) in [6.07, 6.45) is 7.72. The molecule has 5 nitrogen and oxygen atoms in total. The quantitative estimate of drug-likeness (QED) is 0.313. The standard InChI is InChI=1S/C19H39N5.HI/c1-4-16(5-2)18(24-11-7-8-12-24)15-22-19(20)21-14-17-10-9-13-23(17)6-3;/h16-18H,4-15H2,1-3H3,(H3,20,21,22);1H.